The smallest absolute Gasteiger partial charge is 0.242 e. The molecular weight excluding hydrogens is 336 g/mol. The third-order valence-corrected chi connectivity index (χ3v) is 7.25. The van der Waals surface area contributed by atoms with Crippen molar-refractivity contribution in [2.75, 3.05) is 12.8 Å². The van der Waals surface area contributed by atoms with Crippen molar-refractivity contribution < 1.29 is 16.8 Å². The van der Waals surface area contributed by atoms with Gasteiger partial charge in [0, 0.05) is 19.3 Å². The van der Waals surface area contributed by atoms with Crippen molar-refractivity contribution in [3.63, 3.8) is 0 Å². The molecule has 1 aromatic rings. The van der Waals surface area contributed by atoms with Gasteiger partial charge in [-0.05, 0) is 31.5 Å². The summed E-state index contributed by atoms with van der Waals surface area (Å²) >= 11 is 5.94. The number of nitrogens with two attached hydrogens (primary N) is 1. The van der Waals surface area contributed by atoms with Crippen LogP contribution in [-0.2, 0) is 26.4 Å². The van der Waals surface area contributed by atoms with Crippen LogP contribution in [0.25, 0.3) is 0 Å². The number of sulfone groups is 1. The molecule has 0 fully saturated rings. The lowest BCUT2D eigenvalue weighted by molar-refractivity contribution is 0.537. The van der Waals surface area contributed by atoms with Crippen molar-refractivity contribution in [1.29, 1.82) is 0 Å². The van der Waals surface area contributed by atoms with Crippen LogP contribution in [-0.4, -0.2) is 34.4 Å². The van der Waals surface area contributed by atoms with E-state index in [1.165, 1.54) is 26.0 Å². The Morgan fingerprint density at radius 1 is 1.24 bits per heavy atom. The molecule has 0 aliphatic rings. The normalized spacial score (nSPS) is 13.4. The Bertz CT molecular complexity index is 728. The molecule has 0 aromatic heterocycles. The van der Waals surface area contributed by atoms with Gasteiger partial charge in [0.2, 0.25) is 10.0 Å². The van der Waals surface area contributed by atoms with Gasteiger partial charge >= 0.3 is 0 Å². The predicted molar refractivity (Wildman–Crippen MR) is 83.5 cm³/mol. The number of benzene rings is 1. The molecule has 0 unspecified atom stereocenters. The van der Waals surface area contributed by atoms with Crippen LogP contribution in [0, 0.1) is 0 Å². The Labute approximate surface area is 130 Å². The second kappa shape index (κ2) is 6.21. The zero-order valence-electron chi connectivity index (χ0n) is 12.1. The van der Waals surface area contributed by atoms with Crippen molar-refractivity contribution in [3.8, 4) is 0 Å². The molecule has 0 saturated heterocycles. The molecule has 21 heavy (non-hydrogen) atoms. The average Bonchev–Trinajstić information content (AvgIpc) is 2.34. The zero-order chi connectivity index (χ0) is 16.5. The summed E-state index contributed by atoms with van der Waals surface area (Å²) in [6, 6.07) is 4.38. The van der Waals surface area contributed by atoms with E-state index in [-0.39, 0.29) is 23.0 Å². The highest BCUT2D eigenvalue weighted by Gasteiger charge is 2.32. The fourth-order valence-corrected chi connectivity index (χ4v) is 3.57. The second-order valence-electron chi connectivity index (χ2n) is 5.33. The Morgan fingerprint density at radius 3 is 2.24 bits per heavy atom. The number of nitrogens with one attached hydrogen (secondary N) is 1. The summed E-state index contributed by atoms with van der Waals surface area (Å²) in [5, 5.41) is 0.0441. The van der Waals surface area contributed by atoms with Crippen LogP contribution in [0.15, 0.2) is 23.1 Å². The number of sulfonamides is 1. The van der Waals surface area contributed by atoms with E-state index in [4.69, 9.17) is 17.3 Å². The summed E-state index contributed by atoms with van der Waals surface area (Å²) in [5.74, 6) is 0. The van der Waals surface area contributed by atoms with Gasteiger partial charge in [-0.3, -0.25) is 0 Å². The zero-order valence-corrected chi connectivity index (χ0v) is 14.4. The molecule has 120 valence electrons. The molecule has 0 aliphatic heterocycles. The maximum absolute atomic E-state index is 12.2. The Hall–Kier alpha value is -0.670. The molecule has 0 heterocycles. The summed E-state index contributed by atoms with van der Waals surface area (Å²) in [6.07, 6.45) is 1.06. The lowest BCUT2D eigenvalue weighted by atomic mass is 10.2. The second-order valence-corrected chi connectivity index (χ2v) is 10.1. The summed E-state index contributed by atoms with van der Waals surface area (Å²) in [5.41, 5.74) is 6.16. The van der Waals surface area contributed by atoms with E-state index in [2.05, 4.69) is 4.72 Å². The first-order valence-electron chi connectivity index (χ1n) is 6.08. The van der Waals surface area contributed by atoms with Gasteiger partial charge in [0.25, 0.3) is 0 Å². The van der Waals surface area contributed by atoms with Crippen LogP contribution in [0.1, 0.15) is 19.4 Å². The molecule has 0 amide bonds. The lowest BCUT2D eigenvalue weighted by Gasteiger charge is -2.22. The van der Waals surface area contributed by atoms with Crippen molar-refractivity contribution in [2.24, 2.45) is 5.73 Å². The Kier molecular flexibility index (Phi) is 5.44. The third-order valence-electron chi connectivity index (χ3n) is 3.21. The molecule has 6 nitrogen and oxygen atoms in total. The molecule has 0 atom stereocenters. The molecular formula is C12H19ClN2O4S2. The number of halogens is 1. The highest BCUT2D eigenvalue weighted by molar-refractivity contribution is 7.92. The van der Waals surface area contributed by atoms with Gasteiger partial charge in [0.05, 0.1) is 9.77 Å². The third kappa shape index (κ3) is 4.40. The van der Waals surface area contributed by atoms with Crippen molar-refractivity contribution in [2.45, 2.75) is 30.0 Å². The SMILES string of the molecule is CC(C)(CNS(=O)(=O)c1ccc(CN)cc1Cl)S(C)(=O)=O. The van der Waals surface area contributed by atoms with Crippen LogP contribution < -0.4 is 10.5 Å². The molecule has 1 aromatic carbocycles. The minimum Gasteiger partial charge on any atom is -0.326 e. The van der Waals surface area contributed by atoms with E-state index in [1.54, 1.807) is 6.07 Å². The van der Waals surface area contributed by atoms with E-state index in [1.807, 2.05) is 0 Å². The van der Waals surface area contributed by atoms with E-state index in [0.717, 1.165) is 6.26 Å². The number of rotatable bonds is 6. The summed E-state index contributed by atoms with van der Waals surface area (Å²) in [4.78, 5) is -0.106. The van der Waals surface area contributed by atoms with Crippen LogP contribution in [0.3, 0.4) is 0 Å². The van der Waals surface area contributed by atoms with Crippen molar-refractivity contribution in [3.05, 3.63) is 28.8 Å². The van der Waals surface area contributed by atoms with Crippen LogP contribution in [0.2, 0.25) is 5.02 Å². The Morgan fingerprint density at radius 2 is 1.81 bits per heavy atom. The summed E-state index contributed by atoms with van der Waals surface area (Å²) in [6.45, 7) is 2.89. The van der Waals surface area contributed by atoms with Gasteiger partial charge in [0.1, 0.15) is 4.90 Å². The van der Waals surface area contributed by atoms with Gasteiger partial charge in [-0.1, -0.05) is 17.7 Å². The first-order chi connectivity index (χ1) is 9.40. The molecule has 1 rings (SSSR count). The highest BCUT2D eigenvalue weighted by Crippen LogP contribution is 2.23. The molecule has 3 N–H and O–H groups in total. The van der Waals surface area contributed by atoms with Gasteiger partial charge < -0.3 is 5.73 Å². The van der Waals surface area contributed by atoms with E-state index in [0.29, 0.717) is 5.56 Å². The van der Waals surface area contributed by atoms with Crippen molar-refractivity contribution in [1.82, 2.24) is 4.72 Å². The molecule has 0 bridgehead atoms. The fourth-order valence-electron chi connectivity index (χ4n) is 1.37. The van der Waals surface area contributed by atoms with Gasteiger partial charge in [0.15, 0.2) is 9.84 Å². The number of hydrogen-bond donors (Lipinski definition) is 2. The molecule has 9 heteroatoms. The summed E-state index contributed by atoms with van der Waals surface area (Å²) in [7, 11) is -7.30. The average molecular weight is 355 g/mol. The first kappa shape index (κ1) is 18.4. The molecule has 0 aliphatic carbocycles. The Balaban J connectivity index is 3.04. The van der Waals surface area contributed by atoms with Gasteiger partial charge in [-0.2, -0.15) is 0 Å². The standard InChI is InChI=1S/C12H19ClN2O4S2/c1-12(2,20(3,16)17)8-15-21(18,19)11-5-4-9(7-14)6-10(11)13/h4-6,15H,7-8,14H2,1-3H3. The predicted octanol–water partition coefficient (Wildman–Crippen LogP) is 0.900. The summed E-state index contributed by atoms with van der Waals surface area (Å²) < 4.78 is 48.6. The van der Waals surface area contributed by atoms with Gasteiger partial charge in [-0.15, -0.1) is 0 Å². The van der Waals surface area contributed by atoms with Crippen LogP contribution in [0.4, 0.5) is 0 Å². The van der Waals surface area contributed by atoms with Crippen LogP contribution >= 0.6 is 11.6 Å². The maximum atomic E-state index is 12.2. The topological polar surface area (TPSA) is 106 Å². The first-order valence-corrected chi connectivity index (χ1v) is 9.84. The highest BCUT2D eigenvalue weighted by atomic mass is 35.5. The fraction of sp³-hybridized carbons (Fsp3) is 0.500. The van der Waals surface area contributed by atoms with E-state index < -0.39 is 24.6 Å². The van der Waals surface area contributed by atoms with E-state index >= 15 is 0 Å². The van der Waals surface area contributed by atoms with Crippen molar-refractivity contribution >= 4 is 31.5 Å². The minimum absolute atomic E-state index is 0.0441. The molecule has 0 radical (unpaired) electrons. The van der Waals surface area contributed by atoms with E-state index in [9.17, 15) is 16.8 Å². The molecule has 0 saturated carbocycles. The maximum Gasteiger partial charge on any atom is 0.242 e. The largest absolute Gasteiger partial charge is 0.326 e. The number of hydrogen-bond acceptors (Lipinski definition) is 5. The van der Waals surface area contributed by atoms with Crippen LogP contribution in [0.5, 0.6) is 0 Å². The quantitative estimate of drug-likeness (QED) is 0.789. The monoisotopic (exact) mass is 354 g/mol. The van der Waals surface area contributed by atoms with Gasteiger partial charge in [-0.25, -0.2) is 21.6 Å². The minimum atomic E-state index is -3.90. The molecule has 0 spiro atoms. The lowest BCUT2D eigenvalue weighted by Crippen LogP contribution is -2.43.